The lowest BCUT2D eigenvalue weighted by molar-refractivity contribution is 0.115. The zero-order valence-corrected chi connectivity index (χ0v) is 10.2. The second-order valence-corrected chi connectivity index (χ2v) is 5.09. The minimum atomic E-state index is -0.675. The number of benzene rings is 1. The maximum atomic E-state index is 10.2. The van der Waals surface area contributed by atoms with E-state index in [9.17, 15) is 5.11 Å². The summed E-state index contributed by atoms with van der Waals surface area (Å²) in [6, 6.07) is 10.5. The summed E-state index contributed by atoms with van der Waals surface area (Å²) in [6.45, 7) is 3.80. The Labute approximate surface area is 97.8 Å². The molecular formula is C15H20O. The maximum absolute atomic E-state index is 10.2. The fraction of sp³-hybridized carbons (Fsp3) is 0.467. The summed E-state index contributed by atoms with van der Waals surface area (Å²) in [6.07, 6.45) is 4.58. The second-order valence-electron chi connectivity index (χ2n) is 5.09. The first-order chi connectivity index (χ1) is 7.59. The van der Waals surface area contributed by atoms with Crippen molar-refractivity contribution < 1.29 is 5.11 Å². The molecule has 1 aliphatic rings. The number of aliphatic hydroxyl groups is 1. The zero-order valence-electron chi connectivity index (χ0n) is 10.2. The Morgan fingerprint density at radius 2 is 1.62 bits per heavy atom. The molecule has 2 rings (SSSR count). The number of allylic oxidation sites excluding steroid dienone is 1. The van der Waals surface area contributed by atoms with E-state index in [1.165, 1.54) is 29.6 Å². The highest BCUT2D eigenvalue weighted by Crippen LogP contribution is 2.37. The number of hydrogen-bond donors (Lipinski definition) is 1. The standard InChI is InChI=1S/C15H20O/c1-15(2,16)14-11-7-6-10-13(14)12-8-4-3-5-9-12/h3-5,8-9,16H,6-7,10-11H2,1-2H3. The van der Waals surface area contributed by atoms with Gasteiger partial charge in [0.05, 0.1) is 5.60 Å². The average molecular weight is 216 g/mol. The third-order valence-electron chi connectivity index (χ3n) is 3.33. The summed E-state index contributed by atoms with van der Waals surface area (Å²) >= 11 is 0. The van der Waals surface area contributed by atoms with Gasteiger partial charge in [0.1, 0.15) is 0 Å². The van der Waals surface area contributed by atoms with E-state index in [0.29, 0.717) is 0 Å². The van der Waals surface area contributed by atoms with Crippen molar-refractivity contribution >= 4 is 5.57 Å². The Morgan fingerprint density at radius 3 is 2.25 bits per heavy atom. The Morgan fingerprint density at radius 1 is 1.00 bits per heavy atom. The quantitative estimate of drug-likeness (QED) is 0.797. The average Bonchev–Trinajstić information content (AvgIpc) is 2.29. The second kappa shape index (κ2) is 4.42. The van der Waals surface area contributed by atoms with Crippen LogP contribution >= 0.6 is 0 Å². The smallest absolute Gasteiger partial charge is 0.0806 e. The van der Waals surface area contributed by atoms with Gasteiger partial charge in [0, 0.05) is 0 Å². The van der Waals surface area contributed by atoms with E-state index in [2.05, 4.69) is 24.3 Å². The van der Waals surface area contributed by atoms with Gasteiger partial charge in [0.25, 0.3) is 0 Å². The van der Waals surface area contributed by atoms with Crippen LogP contribution in [0, 0.1) is 0 Å². The van der Waals surface area contributed by atoms with Gasteiger partial charge in [0.2, 0.25) is 0 Å². The topological polar surface area (TPSA) is 20.2 Å². The van der Waals surface area contributed by atoms with E-state index in [1.54, 1.807) is 0 Å². The van der Waals surface area contributed by atoms with Crippen LogP contribution in [0.15, 0.2) is 35.9 Å². The third kappa shape index (κ3) is 2.35. The summed E-state index contributed by atoms with van der Waals surface area (Å²) in [7, 11) is 0. The van der Waals surface area contributed by atoms with Crippen LogP contribution in [0.1, 0.15) is 45.1 Å². The first kappa shape index (κ1) is 11.4. The van der Waals surface area contributed by atoms with Crippen LogP contribution in [0.4, 0.5) is 0 Å². The zero-order chi connectivity index (χ0) is 11.6. The summed E-state index contributed by atoms with van der Waals surface area (Å²) in [4.78, 5) is 0. The molecule has 1 N–H and O–H groups in total. The molecule has 0 amide bonds. The first-order valence-corrected chi connectivity index (χ1v) is 6.09. The lowest BCUT2D eigenvalue weighted by Gasteiger charge is -2.29. The van der Waals surface area contributed by atoms with Gasteiger partial charge in [-0.1, -0.05) is 30.3 Å². The summed E-state index contributed by atoms with van der Waals surface area (Å²) in [5.74, 6) is 0. The van der Waals surface area contributed by atoms with Crippen molar-refractivity contribution in [1.82, 2.24) is 0 Å². The molecule has 0 unspecified atom stereocenters. The van der Waals surface area contributed by atoms with Crippen molar-refractivity contribution in [2.45, 2.75) is 45.1 Å². The minimum Gasteiger partial charge on any atom is -0.386 e. The molecular weight excluding hydrogens is 196 g/mol. The summed E-state index contributed by atoms with van der Waals surface area (Å²) in [5.41, 5.74) is 3.19. The first-order valence-electron chi connectivity index (χ1n) is 6.09. The van der Waals surface area contributed by atoms with Crippen LogP contribution < -0.4 is 0 Å². The molecule has 0 saturated carbocycles. The molecule has 0 saturated heterocycles. The van der Waals surface area contributed by atoms with Crippen LogP contribution in [-0.4, -0.2) is 10.7 Å². The minimum absolute atomic E-state index is 0.675. The fourth-order valence-corrected chi connectivity index (χ4v) is 2.54. The molecule has 1 aromatic carbocycles. The lowest BCUT2D eigenvalue weighted by Crippen LogP contribution is -2.25. The molecule has 0 aliphatic heterocycles. The lowest BCUT2D eigenvalue weighted by atomic mass is 9.80. The van der Waals surface area contributed by atoms with Crippen molar-refractivity contribution in [1.29, 1.82) is 0 Å². The van der Waals surface area contributed by atoms with E-state index in [4.69, 9.17) is 0 Å². The molecule has 0 fully saturated rings. The van der Waals surface area contributed by atoms with Gasteiger partial charge in [-0.3, -0.25) is 0 Å². The maximum Gasteiger partial charge on any atom is 0.0806 e. The van der Waals surface area contributed by atoms with Crippen molar-refractivity contribution in [2.24, 2.45) is 0 Å². The predicted molar refractivity (Wildman–Crippen MR) is 68.1 cm³/mol. The Balaban J connectivity index is 2.46. The number of hydrogen-bond acceptors (Lipinski definition) is 1. The van der Waals surface area contributed by atoms with Crippen LogP contribution in [0.3, 0.4) is 0 Å². The van der Waals surface area contributed by atoms with Crippen molar-refractivity contribution in [3.8, 4) is 0 Å². The van der Waals surface area contributed by atoms with E-state index < -0.39 is 5.60 Å². The van der Waals surface area contributed by atoms with Crippen molar-refractivity contribution in [2.75, 3.05) is 0 Å². The molecule has 86 valence electrons. The van der Waals surface area contributed by atoms with Crippen molar-refractivity contribution in [3.63, 3.8) is 0 Å². The summed E-state index contributed by atoms with van der Waals surface area (Å²) < 4.78 is 0. The van der Waals surface area contributed by atoms with Crippen LogP contribution in [0.25, 0.3) is 5.57 Å². The predicted octanol–water partition coefficient (Wildman–Crippen LogP) is 3.79. The van der Waals surface area contributed by atoms with Gasteiger partial charge < -0.3 is 5.11 Å². The molecule has 1 heteroatoms. The highest BCUT2D eigenvalue weighted by atomic mass is 16.3. The highest BCUT2D eigenvalue weighted by molar-refractivity contribution is 5.70. The largest absolute Gasteiger partial charge is 0.386 e. The van der Waals surface area contributed by atoms with Crippen LogP contribution in [-0.2, 0) is 0 Å². The van der Waals surface area contributed by atoms with Gasteiger partial charge >= 0.3 is 0 Å². The third-order valence-corrected chi connectivity index (χ3v) is 3.33. The fourth-order valence-electron chi connectivity index (χ4n) is 2.54. The highest BCUT2D eigenvalue weighted by Gasteiger charge is 2.25. The number of rotatable bonds is 2. The van der Waals surface area contributed by atoms with Gasteiger partial charge in [-0.15, -0.1) is 0 Å². The molecule has 1 aliphatic carbocycles. The Bertz CT molecular complexity index is 382. The normalized spacial score (nSPS) is 17.7. The van der Waals surface area contributed by atoms with Gasteiger partial charge in [-0.2, -0.15) is 0 Å². The van der Waals surface area contributed by atoms with E-state index in [1.807, 2.05) is 19.9 Å². The molecule has 16 heavy (non-hydrogen) atoms. The summed E-state index contributed by atoms with van der Waals surface area (Å²) in [5, 5.41) is 10.2. The molecule has 0 aromatic heterocycles. The van der Waals surface area contributed by atoms with E-state index in [0.717, 1.165) is 12.8 Å². The molecule has 0 spiro atoms. The molecule has 0 bridgehead atoms. The van der Waals surface area contributed by atoms with E-state index >= 15 is 0 Å². The molecule has 1 nitrogen and oxygen atoms in total. The monoisotopic (exact) mass is 216 g/mol. The molecule has 0 heterocycles. The van der Waals surface area contributed by atoms with Crippen molar-refractivity contribution in [3.05, 3.63) is 41.5 Å². The van der Waals surface area contributed by atoms with Gasteiger partial charge in [-0.05, 0) is 56.2 Å². The SMILES string of the molecule is CC(C)(O)C1=C(c2ccccc2)CCCC1. The Kier molecular flexibility index (Phi) is 3.15. The van der Waals surface area contributed by atoms with Crippen LogP contribution in [0.5, 0.6) is 0 Å². The molecule has 0 radical (unpaired) electrons. The van der Waals surface area contributed by atoms with Gasteiger partial charge in [0.15, 0.2) is 0 Å². The Hall–Kier alpha value is -1.08. The van der Waals surface area contributed by atoms with Gasteiger partial charge in [-0.25, -0.2) is 0 Å². The molecule has 1 aromatic rings. The van der Waals surface area contributed by atoms with Crippen LogP contribution in [0.2, 0.25) is 0 Å². The van der Waals surface area contributed by atoms with E-state index in [-0.39, 0.29) is 0 Å². The molecule has 0 atom stereocenters.